The minimum Gasteiger partial charge on any atom is -0.395 e. The van der Waals surface area contributed by atoms with Crippen molar-refractivity contribution in [1.29, 1.82) is 0 Å². The number of nitrogens with zero attached hydrogens (tertiary/aromatic N) is 1. The Kier molecular flexibility index (Phi) is 4.78. The SMILES string of the molecule is C[C@]1(C(=O)NC(=S)N(CCO)c2ccccc2)CC1(Cl)Cl. The first-order valence-corrected chi connectivity index (χ1v) is 7.65. The molecule has 1 aromatic carbocycles. The van der Waals surface area contributed by atoms with Gasteiger partial charge in [-0.15, -0.1) is 23.2 Å². The van der Waals surface area contributed by atoms with E-state index in [-0.39, 0.29) is 24.2 Å². The Hall–Kier alpha value is -0.880. The summed E-state index contributed by atoms with van der Waals surface area (Å²) in [5.41, 5.74) is -0.0392. The van der Waals surface area contributed by atoms with Gasteiger partial charge in [0.05, 0.1) is 12.0 Å². The third kappa shape index (κ3) is 3.31. The molecule has 0 unspecified atom stereocenters. The molecule has 0 aromatic heterocycles. The summed E-state index contributed by atoms with van der Waals surface area (Å²) in [5, 5.41) is 12.1. The Bertz CT molecular complexity index is 553. The van der Waals surface area contributed by atoms with Crippen LogP contribution in [-0.4, -0.2) is 33.6 Å². The summed E-state index contributed by atoms with van der Waals surface area (Å²) >= 11 is 17.3. The molecule has 0 bridgehead atoms. The maximum atomic E-state index is 12.2. The van der Waals surface area contributed by atoms with Gasteiger partial charge >= 0.3 is 0 Å². The molecule has 0 aliphatic heterocycles. The highest BCUT2D eigenvalue weighted by molar-refractivity contribution is 7.80. The predicted molar refractivity (Wildman–Crippen MR) is 88.8 cm³/mol. The second-order valence-corrected chi connectivity index (χ2v) is 7.05. The van der Waals surface area contributed by atoms with E-state index in [2.05, 4.69) is 5.32 Å². The van der Waals surface area contributed by atoms with Crippen LogP contribution in [-0.2, 0) is 4.79 Å². The molecule has 2 rings (SSSR count). The van der Waals surface area contributed by atoms with Crippen LogP contribution in [0.1, 0.15) is 13.3 Å². The van der Waals surface area contributed by atoms with Gasteiger partial charge < -0.3 is 15.3 Å². The van der Waals surface area contributed by atoms with Crippen molar-refractivity contribution in [1.82, 2.24) is 5.32 Å². The fraction of sp³-hybridized carbons (Fsp3) is 0.429. The van der Waals surface area contributed by atoms with Crippen LogP contribution in [0.3, 0.4) is 0 Å². The molecule has 0 spiro atoms. The Balaban J connectivity index is 2.08. The van der Waals surface area contributed by atoms with Gasteiger partial charge in [0.25, 0.3) is 0 Å². The van der Waals surface area contributed by atoms with Crippen LogP contribution < -0.4 is 10.2 Å². The number of amides is 1. The van der Waals surface area contributed by atoms with E-state index in [1.165, 1.54) is 0 Å². The third-order valence-corrected chi connectivity index (χ3v) is 5.04. The fourth-order valence-corrected chi connectivity index (χ4v) is 3.00. The van der Waals surface area contributed by atoms with E-state index in [9.17, 15) is 9.90 Å². The molecule has 0 radical (unpaired) electrons. The summed E-state index contributed by atoms with van der Waals surface area (Å²) in [7, 11) is 0. The lowest BCUT2D eigenvalue weighted by atomic mass is 10.1. The highest BCUT2D eigenvalue weighted by Gasteiger charge is 2.68. The number of hydrogen-bond acceptors (Lipinski definition) is 3. The first-order chi connectivity index (χ1) is 9.82. The van der Waals surface area contributed by atoms with Gasteiger partial charge in [-0.1, -0.05) is 18.2 Å². The number of rotatable bonds is 4. The van der Waals surface area contributed by atoms with Crippen LogP contribution in [0, 0.1) is 5.41 Å². The molecule has 0 saturated heterocycles. The number of nitrogens with one attached hydrogen (secondary N) is 1. The summed E-state index contributed by atoms with van der Waals surface area (Å²) in [6, 6.07) is 9.29. The van der Waals surface area contributed by atoms with Crippen LogP contribution in [0.5, 0.6) is 0 Å². The minimum absolute atomic E-state index is 0.0862. The maximum Gasteiger partial charge on any atom is 0.235 e. The van der Waals surface area contributed by atoms with E-state index in [1.807, 2.05) is 30.3 Å². The summed E-state index contributed by atoms with van der Waals surface area (Å²) in [5.74, 6) is -0.309. The number of para-hydroxylation sites is 1. The predicted octanol–water partition coefficient (Wildman–Crippen LogP) is 2.47. The van der Waals surface area contributed by atoms with E-state index in [0.717, 1.165) is 5.69 Å². The standard InChI is InChI=1S/C14H16Cl2N2O2S/c1-13(9-14(13,15)16)11(20)17-12(21)18(7-8-19)10-5-3-2-4-6-10/h2-6,19H,7-9H2,1H3,(H,17,20,21)/t13-/m1/s1. The van der Waals surface area contributed by atoms with E-state index in [0.29, 0.717) is 6.42 Å². The molecule has 1 saturated carbocycles. The summed E-state index contributed by atoms with van der Waals surface area (Å²) in [6.07, 6.45) is 0.392. The number of hydrogen-bond donors (Lipinski definition) is 2. The van der Waals surface area contributed by atoms with Crippen molar-refractivity contribution in [3.05, 3.63) is 30.3 Å². The molecule has 1 fully saturated rings. The van der Waals surface area contributed by atoms with Crippen molar-refractivity contribution in [2.45, 2.75) is 17.7 Å². The number of aliphatic hydroxyl groups is 1. The number of aliphatic hydroxyl groups excluding tert-OH is 1. The summed E-state index contributed by atoms with van der Waals surface area (Å²) < 4.78 is -1.04. The summed E-state index contributed by atoms with van der Waals surface area (Å²) in [4.78, 5) is 13.9. The van der Waals surface area contributed by atoms with Crippen molar-refractivity contribution in [2.24, 2.45) is 5.41 Å². The second kappa shape index (κ2) is 6.08. The number of benzene rings is 1. The molecular weight excluding hydrogens is 331 g/mol. The average molecular weight is 347 g/mol. The van der Waals surface area contributed by atoms with Crippen LogP contribution >= 0.6 is 35.4 Å². The number of alkyl halides is 2. The van der Waals surface area contributed by atoms with Gasteiger partial charge in [-0.3, -0.25) is 4.79 Å². The van der Waals surface area contributed by atoms with Gasteiger partial charge in [-0.05, 0) is 37.7 Å². The molecule has 21 heavy (non-hydrogen) atoms. The van der Waals surface area contributed by atoms with E-state index >= 15 is 0 Å². The smallest absolute Gasteiger partial charge is 0.235 e. The zero-order chi connectivity index (χ0) is 15.7. The lowest BCUT2D eigenvalue weighted by Gasteiger charge is -2.25. The van der Waals surface area contributed by atoms with Crippen LogP contribution in [0.4, 0.5) is 5.69 Å². The quantitative estimate of drug-likeness (QED) is 0.649. The average Bonchev–Trinajstić information content (AvgIpc) is 2.97. The Labute approximate surface area is 139 Å². The first-order valence-electron chi connectivity index (χ1n) is 6.48. The van der Waals surface area contributed by atoms with Gasteiger partial charge in [0.15, 0.2) is 5.11 Å². The second-order valence-electron chi connectivity index (χ2n) is 5.18. The Morgan fingerprint density at radius 1 is 1.43 bits per heavy atom. The van der Waals surface area contributed by atoms with Gasteiger partial charge in [0.1, 0.15) is 4.33 Å². The fourth-order valence-electron chi connectivity index (χ4n) is 2.00. The molecule has 4 nitrogen and oxygen atoms in total. The number of carbonyl (C=O) groups is 1. The number of anilines is 1. The molecule has 1 aliphatic rings. The largest absolute Gasteiger partial charge is 0.395 e. The number of carbonyl (C=O) groups excluding carboxylic acids is 1. The maximum absolute atomic E-state index is 12.2. The minimum atomic E-state index is -1.04. The highest BCUT2D eigenvalue weighted by Crippen LogP contribution is 2.63. The van der Waals surface area contributed by atoms with Gasteiger partial charge in [0.2, 0.25) is 5.91 Å². The topological polar surface area (TPSA) is 52.6 Å². The van der Waals surface area contributed by atoms with E-state index < -0.39 is 9.75 Å². The molecule has 2 N–H and O–H groups in total. The molecule has 1 aromatic rings. The van der Waals surface area contributed by atoms with Crippen LogP contribution in [0.15, 0.2) is 30.3 Å². The molecule has 7 heteroatoms. The summed E-state index contributed by atoms with van der Waals surface area (Å²) in [6.45, 7) is 1.90. The monoisotopic (exact) mass is 346 g/mol. The normalized spacial score (nSPS) is 22.5. The first kappa shape index (κ1) is 16.5. The molecule has 1 amide bonds. The van der Waals surface area contributed by atoms with Crippen molar-refractivity contribution in [3.63, 3.8) is 0 Å². The molecule has 1 atom stereocenters. The van der Waals surface area contributed by atoms with Gasteiger partial charge in [-0.25, -0.2) is 0 Å². The van der Waals surface area contributed by atoms with Crippen LogP contribution in [0.2, 0.25) is 0 Å². The van der Waals surface area contributed by atoms with Crippen molar-refractivity contribution < 1.29 is 9.90 Å². The zero-order valence-electron chi connectivity index (χ0n) is 11.5. The molecule has 0 heterocycles. The third-order valence-electron chi connectivity index (χ3n) is 3.62. The van der Waals surface area contributed by atoms with E-state index in [1.54, 1.807) is 11.8 Å². The molecular formula is C14H16Cl2N2O2S. The Morgan fingerprint density at radius 3 is 2.48 bits per heavy atom. The Morgan fingerprint density at radius 2 is 2.00 bits per heavy atom. The lowest BCUT2D eigenvalue weighted by Crippen LogP contribution is -2.47. The van der Waals surface area contributed by atoms with Crippen molar-refractivity contribution >= 4 is 52.1 Å². The lowest BCUT2D eigenvalue weighted by molar-refractivity contribution is -0.124. The van der Waals surface area contributed by atoms with Crippen molar-refractivity contribution in [3.8, 4) is 0 Å². The zero-order valence-corrected chi connectivity index (χ0v) is 13.8. The van der Waals surface area contributed by atoms with Crippen molar-refractivity contribution in [2.75, 3.05) is 18.1 Å². The number of halogens is 2. The number of thiocarbonyl (C=S) groups is 1. The van der Waals surface area contributed by atoms with Crippen LogP contribution in [0.25, 0.3) is 0 Å². The molecule has 1 aliphatic carbocycles. The molecule has 114 valence electrons. The highest BCUT2D eigenvalue weighted by atomic mass is 35.5. The van der Waals surface area contributed by atoms with Gasteiger partial charge in [-0.2, -0.15) is 0 Å². The van der Waals surface area contributed by atoms with Gasteiger partial charge in [0, 0.05) is 12.2 Å². The van der Waals surface area contributed by atoms with E-state index in [4.69, 9.17) is 35.4 Å².